The Kier molecular flexibility index (Phi) is 3.95. The zero-order valence-corrected chi connectivity index (χ0v) is 15.4. The lowest BCUT2D eigenvalue weighted by atomic mass is 10.2. The van der Waals surface area contributed by atoms with Crippen LogP contribution in [0.25, 0.3) is 25.1 Å². The second kappa shape index (κ2) is 6.62. The molecule has 0 aliphatic heterocycles. The molecule has 0 N–H and O–H groups in total. The fraction of sp³-hybridized carbons (Fsp3) is 0. The minimum Gasteiger partial charge on any atom is -0.424 e. The van der Waals surface area contributed by atoms with Gasteiger partial charge in [0, 0.05) is 39.4 Å². The molecule has 0 saturated heterocycles. The van der Waals surface area contributed by atoms with E-state index in [0.717, 1.165) is 11.0 Å². The number of hydrogen-bond donors (Lipinski definition) is 0. The second-order valence-electron chi connectivity index (χ2n) is 6.26. The highest BCUT2D eigenvalue weighted by Crippen LogP contribution is 2.48. The average molecular weight is 389 g/mol. The second-order valence-corrected chi connectivity index (χ2v) is 8.23. The molecule has 0 spiro atoms. The van der Waals surface area contributed by atoms with E-state index in [0.29, 0.717) is 5.75 Å². The van der Waals surface area contributed by atoms with E-state index in [-0.39, 0.29) is 16.2 Å². The number of hydrogen-bond acceptors (Lipinski definition) is 3. The molecule has 0 aliphatic rings. The van der Waals surface area contributed by atoms with E-state index in [2.05, 4.69) is 52.9 Å². The molecule has 3 aromatic carbocycles. The molecule has 2 aromatic heterocycles. The van der Waals surface area contributed by atoms with E-state index in [1.54, 1.807) is 12.1 Å². The number of fused-ring (bicyclic) bond motifs is 3. The monoisotopic (exact) mass is 389 g/mol. The Labute approximate surface area is 162 Å². The lowest BCUT2D eigenvalue weighted by Crippen LogP contribution is -2.06. The summed E-state index contributed by atoms with van der Waals surface area (Å²) >= 11 is 0. The lowest BCUT2D eigenvalue weighted by molar-refractivity contribution is 0.0692. The molecule has 136 valence electrons. The molecule has 0 unspecified atom stereocenters. The number of benzene rings is 3. The summed E-state index contributed by atoms with van der Waals surface area (Å²) in [5, 5.41) is 2.52. The number of carbonyl (C=O) groups is 1. The molecule has 5 aromatic rings. The summed E-state index contributed by atoms with van der Waals surface area (Å²) in [5.41, 5.74) is 0. The summed E-state index contributed by atoms with van der Waals surface area (Å²) in [6, 6.07) is 25.8. The van der Waals surface area contributed by atoms with Crippen molar-refractivity contribution in [3.8, 4) is 10.6 Å². The van der Waals surface area contributed by atoms with E-state index >= 15 is 0 Å². The smallest absolute Gasteiger partial charge is 0.379 e. The van der Waals surface area contributed by atoms with Crippen molar-refractivity contribution in [2.75, 3.05) is 0 Å². The third kappa shape index (κ3) is 2.77. The maximum atomic E-state index is 12.9. The van der Waals surface area contributed by atoms with Crippen LogP contribution in [0.15, 0.2) is 89.3 Å². The molecular weight excluding hydrogens is 375 g/mol. The van der Waals surface area contributed by atoms with Crippen molar-refractivity contribution in [2.45, 2.75) is 0 Å². The molecule has 28 heavy (non-hydrogen) atoms. The summed E-state index contributed by atoms with van der Waals surface area (Å²) in [4.78, 5) is 13.2. The van der Waals surface area contributed by atoms with Gasteiger partial charge in [-0.05, 0) is 42.5 Å². The van der Waals surface area contributed by atoms with Crippen LogP contribution in [0.5, 0.6) is 5.75 Å². The molecule has 0 bridgehead atoms. The van der Waals surface area contributed by atoms with Gasteiger partial charge in [0.1, 0.15) is 5.75 Å². The minimum atomic E-state index is -0.818. The van der Waals surface area contributed by atoms with Crippen LogP contribution < -0.4 is 4.74 Å². The van der Waals surface area contributed by atoms with Gasteiger partial charge in [-0.15, -0.1) is 0 Å². The maximum Gasteiger partial charge on any atom is 0.379 e. The predicted octanol–water partition coefficient (Wildman–Crippen LogP) is 6.68. The van der Waals surface area contributed by atoms with Crippen molar-refractivity contribution in [1.82, 2.24) is 0 Å². The number of ether oxygens (including phenoxy) is 1. The van der Waals surface area contributed by atoms with Gasteiger partial charge < -0.3 is 9.15 Å². The normalized spacial score (nSPS) is 11.2. The summed E-state index contributed by atoms with van der Waals surface area (Å²) in [5.74, 6) is -0.507. The van der Waals surface area contributed by atoms with Gasteiger partial charge in [0.15, 0.2) is 14.3 Å². The summed E-state index contributed by atoms with van der Waals surface area (Å²) < 4.78 is 25.4. The van der Waals surface area contributed by atoms with Crippen LogP contribution in [-0.2, 0) is 0 Å². The molecule has 2 heterocycles. The standard InChI is InChI=1S/C23H14FO3S/c24-22-14-13-19(27-22)23(25)26-15-9-11-16(12-10-15)28-20-7-3-1-5-17(20)18-6-2-4-8-21(18)28/h1-14H/q+1. The zero-order valence-electron chi connectivity index (χ0n) is 14.6. The van der Waals surface area contributed by atoms with Crippen molar-refractivity contribution in [2.24, 2.45) is 0 Å². The number of thiophene rings is 1. The van der Waals surface area contributed by atoms with E-state index in [4.69, 9.17) is 4.74 Å². The molecule has 5 heteroatoms. The highest BCUT2D eigenvalue weighted by Gasteiger charge is 2.23. The molecule has 0 atom stereocenters. The Bertz CT molecular complexity index is 1260. The van der Waals surface area contributed by atoms with Crippen molar-refractivity contribution in [1.29, 1.82) is 0 Å². The Hall–Kier alpha value is -3.44. The predicted molar refractivity (Wildman–Crippen MR) is 109 cm³/mol. The van der Waals surface area contributed by atoms with Gasteiger partial charge in [0.25, 0.3) is 6.01 Å². The van der Waals surface area contributed by atoms with E-state index in [1.807, 2.05) is 12.1 Å². The topological polar surface area (TPSA) is 39.4 Å². The number of rotatable bonds is 3. The van der Waals surface area contributed by atoms with Crippen LogP contribution in [0.3, 0.4) is 0 Å². The summed E-state index contributed by atoms with van der Waals surface area (Å²) in [7, 11) is -0.203. The van der Waals surface area contributed by atoms with Crippen molar-refractivity contribution in [3.63, 3.8) is 0 Å². The molecule has 0 fully saturated rings. The van der Waals surface area contributed by atoms with Crippen molar-refractivity contribution < 1.29 is 18.3 Å². The van der Waals surface area contributed by atoms with Crippen LogP contribution in [0.1, 0.15) is 10.6 Å². The first-order chi connectivity index (χ1) is 13.7. The third-order valence-electron chi connectivity index (χ3n) is 4.55. The maximum absolute atomic E-state index is 12.9. The molecule has 0 aliphatic carbocycles. The molecular formula is C23H14FO3S+. The largest absolute Gasteiger partial charge is 0.424 e. The fourth-order valence-electron chi connectivity index (χ4n) is 3.33. The van der Waals surface area contributed by atoms with E-state index < -0.39 is 12.0 Å². The van der Waals surface area contributed by atoms with Crippen LogP contribution in [0.2, 0.25) is 0 Å². The van der Waals surface area contributed by atoms with Gasteiger partial charge >= 0.3 is 5.97 Å². The van der Waals surface area contributed by atoms with E-state index in [1.165, 1.54) is 26.2 Å². The third-order valence-corrected chi connectivity index (χ3v) is 6.88. The zero-order chi connectivity index (χ0) is 19.1. The Morgan fingerprint density at radius 3 is 1.96 bits per heavy atom. The highest BCUT2D eigenvalue weighted by atomic mass is 32.2. The van der Waals surface area contributed by atoms with Gasteiger partial charge in [-0.1, -0.05) is 24.3 Å². The van der Waals surface area contributed by atoms with Crippen molar-refractivity contribution >= 4 is 36.6 Å². The van der Waals surface area contributed by atoms with Gasteiger partial charge in [0.2, 0.25) is 5.76 Å². The van der Waals surface area contributed by atoms with Gasteiger partial charge in [-0.3, -0.25) is 0 Å². The number of furan rings is 1. The van der Waals surface area contributed by atoms with Crippen LogP contribution in [0.4, 0.5) is 4.39 Å². The molecule has 5 rings (SSSR count). The molecule has 0 radical (unpaired) electrons. The minimum absolute atomic E-state index is 0.165. The molecule has 0 amide bonds. The van der Waals surface area contributed by atoms with Crippen molar-refractivity contribution in [3.05, 3.63) is 96.7 Å². The molecule has 3 nitrogen and oxygen atoms in total. The van der Waals surface area contributed by atoms with Gasteiger partial charge in [-0.2, -0.15) is 4.39 Å². The number of halogens is 1. The summed E-state index contributed by atoms with van der Waals surface area (Å²) in [6.07, 6.45) is 0. The first kappa shape index (κ1) is 16.7. The lowest BCUT2D eigenvalue weighted by Gasteiger charge is -2.02. The fourth-order valence-corrected chi connectivity index (χ4v) is 5.71. The van der Waals surface area contributed by atoms with Gasteiger partial charge in [0.05, 0.1) is 0 Å². The SMILES string of the molecule is O=C(Oc1ccc(-[s+]2c3ccccc3c3ccccc32)cc1)c1ccc(F)o1. The quantitative estimate of drug-likeness (QED) is 0.196. The van der Waals surface area contributed by atoms with Crippen LogP contribution in [0, 0.1) is 6.01 Å². The Balaban J connectivity index is 1.53. The van der Waals surface area contributed by atoms with E-state index in [9.17, 15) is 9.18 Å². The average Bonchev–Trinajstić information content (AvgIpc) is 3.30. The first-order valence-corrected chi connectivity index (χ1v) is 9.93. The first-order valence-electron chi connectivity index (χ1n) is 8.71. The van der Waals surface area contributed by atoms with Gasteiger partial charge in [-0.25, -0.2) is 4.79 Å². The number of carbonyl (C=O) groups excluding carboxylic acids is 1. The Morgan fingerprint density at radius 2 is 1.39 bits per heavy atom. The van der Waals surface area contributed by atoms with Crippen LogP contribution >= 0.6 is 10.5 Å². The Morgan fingerprint density at radius 1 is 0.786 bits per heavy atom. The summed E-state index contributed by atoms with van der Waals surface area (Å²) in [6.45, 7) is 0. The highest BCUT2D eigenvalue weighted by molar-refractivity contribution is 7.50. The van der Waals surface area contributed by atoms with Crippen LogP contribution in [-0.4, -0.2) is 5.97 Å². The number of esters is 1. The molecule has 0 saturated carbocycles.